The Labute approximate surface area is 164 Å². The molecule has 1 aliphatic rings. The number of hydrogen-bond acceptors (Lipinski definition) is 5. The number of nitrogens with zero attached hydrogens (tertiary/aromatic N) is 3. The lowest BCUT2D eigenvalue weighted by Crippen LogP contribution is -2.66. The lowest BCUT2D eigenvalue weighted by atomic mass is 9.75. The van der Waals surface area contributed by atoms with Crippen molar-refractivity contribution in [2.75, 3.05) is 34.3 Å². The Hall–Kier alpha value is -2.43. The minimum absolute atomic E-state index is 0.125. The summed E-state index contributed by atoms with van der Waals surface area (Å²) in [5, 5.41) is 9.56. The molecule has 1 aromatic carbocycles. The molecule has 1 aromatic heterocycles. The molecule has 0 unspecified atom stereocenters. The zero-order valence-corrected chi connectivity index (χ0v) is 17.0. The minimum atomic E-state index is -3.56. The highest BCUT2D eigenvalue weighted by Crippen LogP contribution is 2.37. The molecule has 28 heavy (non-hydrogen) atoms. The Morgan fingerprint density at radius 2 is 2.11 bits per heavy atom. The molecule has 3 rings (SSSR count). The zero-order valence-electron chi connectivity index (χ0n) is 16.2. The van der Waals surface area contributed by atoms with Gasteiger partial charge in [0.25, 0.3) is 10.2 Å². The molecule has 1 saturated heterocycles. The third kappa shape index (κ3) is 4.03. The van der Waals surface area contributed by atoms with Crippen LogP contribution < -0.4 is 10.1 Å². The molecule has 1 fully saturated rings. The molecule has 1 amide bonds. The van der Waals surface area contributed by atoms with Gasteiger partial charge in [-0.05, 0) is 30.2 Å². The van der Waals surface area contributed by atoms with Crippen molar-refractivity contribution in [2.45, 2.75) is 13.0 Å². The van der Waals surface area contributed by atoms with E-state index in [1.807, 2.05) is 24.3 Å². The van der Waals surface area contributed by atoms with E-state index in [-0.39, 0.29) is 19.0 Å². The molecule has 10 heteroatoms. The number of ether oxygens (including phenoxy) is 1. The zero-order chi connectivity index (χ0) is 20.4. The quantitative estimate of drug-likeness (QED) is 0.658. The van der Waals surface area contributed by atoms with Gasteiger partial charge in [0.05, 0.1) is 24.8 Å². The van der Waals surface area contributed by atoms with Crippen molar-refractivity contribution >= 4 is 16.1 Å². The fraction of sp³-hybridized carbons (Fsp3) is 0.444. The van der Waals surface area contributed by atoms with Gasteiger partial charge in [0, 0.05) is 33.4 Å². The molecule has 1 aliphatic heterocycles. The fourth-order valence-corrected chi connectivity index (χ4v) is 4.56. The van der Waals surface area contributed by atoms with Crippen molar-refractivity contribution in [1.82, 2.24) is 24.1 Å². The van der Waals surface area contributed by atoms with E-state index in [1.54, 1.807) is 19.4 Å². The summed E-state index contributed by atoms with van der Waals surface area (Å²) in [5.74, 6) is 0.512. The lowest BCUT2D eigenvalue weighted by Gasteiger charge is -2.48. The van der Waals surface area contributed by atoms with Crippen LogP contribution in [0.5, 0.6) is 5.75 Å². The van der Waals surface area contributed by atoms with Crippen LogP contribution in [0, 0.1) is 5.41 Å². The predicted octanol–water partition coefficient (Wildman–Crippen LogP) is 0.386. The maximum absolute atomic E-state index is 13.0. The summed E-state index contributed by atoms with van der Waals surface area (Å²) in [7, 11) is 0.986. The maximum Gasteiger partial charge on any atom is 0.281 e. The molecule has 0 radical (unpaired) electrons. The summed E-state index contributed by atoms with van der Waals surface area (Å²) < 4.78 is 32.6. The molecule has 152 valence electrons. The summed E-state index contributed by atoms with van der Waals surface area (Å²) in [6, 6.07) is 9.25. The first-order valence-electron chi connectivity index (χ1n) is 8.84. The number of amides is 1. The fourth-order valence-electron chi connectivity index (χ4n) is 3.28. The summed E-state index contributed by atoms with van der Waals surface area (Å²) in [4.78, 5) is 13.0. The minimum Gasteiger partial charge on any atom is -0.497 e. The highest BCUT2D eigenvalue weighted by atomic mass is 32.2. The third-order valence-electron chi connectivity index (χ3n) is 4.90. The van der Waals surface area contributed by atoms with Crippen LogP contribution in [0.3, 0.4) is 0 Å². The van der Waals surface area contributed by atoms with E-state index in [2.05, 4.69) is 15.5 Å². The van der Waals surface area contributed by atoms with Crippen LogP contribution in [-0.4, -0.2) is 67.4 Å². The molecule has 2 N–H and O–H groups in total. The average Bonchev–Trinajstić information content (AvgIpc) is 3.15. The van der Waals surface area contributed by atoms with Gasteiger partial charge in [-0.15, -0.1) is 0 Å². The second-order valence-electron chi connectivity index (χ2n) is 7.13. The van der Waals surface area contributed by atoms with Crippen molar-refractivity contribution < 1.29 is 17.9 Å². The number of aromatic amines is 1. The maximum atomic E-state index is 13.0. The van der Waals surface area contributed by atoms with Gasteiger partial charge < -0.3 is 10.1 Å². The predicted molar refractivity (Wildman–Crippen MR) is 104 cm³/mol. The van der Waals surface area contributed by atoms with Gasteiger partial charge in [0.2, 0.25) is 5.91 Å². The Morgan fingerprint density at radius 3 is 2.71 bits per heavy atom. The van der Waals surface area contributed by atoms with Crippen molar-refractivity contribution in [3.63, 3.8) is 0 Å². The summed E-state index contributed by atoms with van der Waals surface area (Å²) >= 11 is 0. The molecular formula is C18H25N5O4S. The molecule has 0 spiro atoms. The number of nitrogens with one attached hydrogen (secondary N) is 2. The van der Waals surface area contributed by atoms with Gasteiger partial charge in [-0.1, -0.05) is 12.1 Å². The van der Waals surface area contributed by atoms with Gasteiger partial charge in [0.1, 0.15) is 5.75 Å². The first-order chi connectivity index (χ1) is 13.3. The molecule has 9 nitrogen and oxygen atoms in total. The standard InChI is InChI=1S/C18H25N5O4S/c1-22(2)28(25,26)23-12-18(13-23,10-14-5-4-6-16(9-14)27-3)17(24)19-11-15-7-8-20-21-15/h4-9H,10-13H2,1-3H3,(H,19,24)(H,20,21). The van der Waals surface area contributed by atoms with Crippen LogP contribution in [0.4, 0.5) is 0 Å². The molecule has 0 atom stereocenters. The number of carbonyl (C=O) groups excluding carboxylic acids is 1. The number of rotatable bonds is 8. The van der Waals surface area contributed by atoms with Gasteiger partial charge in [0.15, 0.2) is 0 Å². The third-order valence-corrected chi connectivity index (χ3v) is 6.74. The number of carbonyl (C=O) groups is 1. The van der Waals surface area contributed by atoms with Gasteiger partial charge in [-0.3, -0.25) is 9.89 Å². The molecule has 0 bridgehead atoms. The van der Waals surface area contributed by atoms with Crippen LogP contribution >= 0.6 is 0 Å². The topological polar surface area (TPSA) is 108 Å². The van der Waals surface area contributed by atoms with Gasteiger partial charge >= 0.3 is 0 Å². The van der Waals surface area contributed by atoms with E-state index in [9.17, 15) is 13.2 Å². The highest BCUT2D eigenvalue weighted by molar-refractivity contribution is 7.86. The van der Waals surface area contributed by atoms with E-state index in [0.29, 0.717) is 18.7 Å². The highest BCUT2D eigenvalue weighted by Gasteiger charge is 2.53. The van der Waals surface area contributed by atoms with Crippen LogP contribution in [0.2, 0.25) is 0 Å². The van der Waals surface area contributed by atoms with Crippen LogP contribution in [-0.2, 0) is 28.0 Å². The second-order valence-corrected chi connectivity index (χ2v) is 9.27. The first-order valence-corrected chi connectivity index (χ1v) is 10.2. The van der Waals surface area contributed by atoms with E-state index < -0.39 is 15.6 Å². The smallest absolute Gasteiger partial charge is 0.281 e. The number of hydrogen-bond donors (Lipinski definition) is 2. The van der Waals surface area contributed by atoms with Crippen LogP contribution in [0.1, 0.15) is 11.3 Å². The largest absolute Gasteiger partial charge is 0.497 e. The number of aromatic nitrogens is 2. The monoisotopic (exact) mass is 407 g/mol. The Balaban J connectivity index is 1.79. The van der Waals surface area contributed by atoms with E-state index in [4.69, 9.17) is 4.74 Å². The van der Waals surface area contributed by atoms with Gasteiger partial charge in [-0.25, -0.2) is 0 Å². The van der Waals surface area contributed by atoms with Crippen molar-refractivity contribution in [3.05, 3.63) is 47.8 Å². The average molecular weight is 407 g/mol. The molecule has 2 heterocycles. The molecule has 0 saturated carbocycles. The number of H-pyrrole nitrogens is 1. The number of benzene rings is 1. The summed E-state index contributed by atoms with van der Waals surface area (Å²) in [6.45, 7) is 0.554. The van der Waals surface area contributed by atoms with Gasteiger partial charge in [-0.2, -0.15) is 22.1 Å². The molecular weight excluding hydrogens is 382 g/mol. The first kappa shape index (κ1) is 20.3. The molecule has 2 aromatic rings. The molecule has 0 aliphatic carbocycles. The van der Waals surface area contributed by atoms with Crippen molar-refractivity contribution in [2.24, 2.45) is 5.41 Å². The summed E-state index contributed by atoms with van der Waals surface area (Å²) in [6.07, 6.45) is 2.03. The van der Waals surface area contributed by atoms with Crippen molar-refractivity contribution in [3.8, 4) is 5.75 Å². The summed E-state index contributed by atoms with van der Waals surface area (Å²) in [5.41, 5.74) is 0.857. The normalized spacial score (nSPS) is 16.6. The van der Waals surface area contributed by atoms with E-state index in [1.165, 1.54) is 18.4 Å². The van der Waals surface area contributed by atoms with Crippen LogP contribution in [0.25, 0.3) is 0 Å². The SMILES string of the molecule is COc1cccc(CC2(C(=O)NCc3ccn[nH]3)CN(S(=O)(=O)N(C)C)C2)c1. The Kier molecular flexibility index (Phi) is 5.73. The van der Waals surface area contributed by atoms with E-state index >= 15 is 0 Å². The van der Waals surface area contributed by atoms with Crippen LogP contribution in [0.15, 0.2) is 36.5 Å². The number of methoxy groups -OCH3 is 1. The van der Waals surface area contributed by atoms with Crippen molar-refractivity contribution in [1.29, 1.82) is 0 Å². The lowest BCUT2D eigenvalue weighted by molar-refractivity contribution is -0.138. The second kappa shape index (κ2) is 7.90. The van der Waals surface area contributed by atoms with E-state index in [0.717, 1.165) is 15.6 Å². The Bertz CT molecular complexity index is 921. The Morgan fingerprint density at radius 1 is 1.36 bits per heavy atom.